The number of likely N-dealkylation sites (N-methyl/N-ethyl adjacent to an activating group) is 1. The first-order valence-corrected chi connectivity index (χ1v) is 10.7. The van der Waals surface area contributed by atoms with Crippen LogP contribution in [-0.2, 0) is 11.2 Å². The number of amides is 2. The van der Waals surface area contributed by atoms with E-state index in [4.69, 9.17) is 4.74 Å². The maximum absolute atomic E-state index is 12.9. The average Bonchev–Trinajstić information content (AvgIpc) is 3.21. The Kier molecular flexibility index (Phi) is 6.20. The van der Waals surface area contributed by atoms with Gasteiger partial charge in [0.05, 0.1) is 11.7 Å². The first-order valence-electron chi connectivity index (χ1n) is 10.7. The van der Waals surface area contributed by atoms with Gasteiger partial charge in [-0.1, -0.05) is 43.0 Å². The number of carbonyl (C=O) groups is 2. The van der Waals surface area contributed by atoms with Crippen molar-refractivity contribution in [2.24, 2.45) is 0 Å². The minimum atomic E-state index is -0.838. The lowest BCUT2D eigenvalue weighted by molar-refractivity contribution is -0.120. The van der Waals surface area contributed by atoms with Crippen LogP contribution in [0.2, 0.25) is 0 Å². The minimum absolute atomic E-state index is 0.0364. The van der Waals surface area contributed by atoms with E-state index in [1.165, 1.54) is 4.90 Å². The van der Waals surface area contributed by atoms with Crippen LogP contribution < -0.4 is 15.0 Å². The van der Waals surface area contributed by atoms with E-state index in [1.807, 2.05) is 43.4 Å². The molecule has 0 saturated carbocycles. The highest BCUT2D eigenvalue weighted by Gasteiger charge is 2.32. The Hall–Kier alpha value is -3.68. The molecule has 0 saturated heterocycles. The van der Waals surface area contributed by atoms with Crippen molar-refractivity contribution in [2.45, 2.75) is 38.3 Å². The van der Waals surface area contributed by atoms with Gasteiger partial charge in [0.2, 0.25) is 5.82 Å². The topological polar surface area (TPSA) is 89.3 Å². The summed E-state index contributed by atoms with van der Waals surface area (Å²) in [6.07, 6.45) is 10.3. The summed E-state index contributed by atoms with van der Waals surface area (Å²) in [4.78, 5) is 31.8. The standard InChI is InChI=1S/C24H27N5O3/c1-4-5-6-10-16(2)18-12-9-14-21-26-22(27-29(18)21)23(30)25-17-15-32-20-13-8-7-11-19(20)28(3)24(17)31/h4-8,10-11,13,17-18H,2,9,12,14-15H2,1,3H3,(H,25,30)/b5-4-,10-6-/t17-,18+/m0/s1. The van der Waals surface area contributed by atoms with E-state index in [0.717, 1.165) is 30.7 Å². The van der Waals surface area contributed by atoms with Crippen LogP contribution in [0.1, 0.15) is 42.3 Å². The first-order chi connectivity index (χ1) is 15.5. The predicted molar refractivity (Wildman–Crippen MR) is 122 cm³/mol. The second kappa shape index (κ2) is 9.21. The van der Waals surface area contributed by atoms with Gasteiger partial charge in [-0.15, -0.1) is 5.10 Å². The summed E-state index contributed by atoms with van der Waals surface area (Å²) in [7, 11) is 1.67. The van der Waals surface area contributed by atoms with Gasteiger partial charge in [-0.05, 0) is 37.5 Å². The van der Waals surface area contributed by atoms with Crippen molar-refractivity contribution < 1.29 is 14.3 Å². The Balaban J connectivity index is 1.50. The molecule has 2 atom stereocenters. The normalized spacial score (nSPS) is 20.6. The number of nitrogens with zero attached hydrogens (tertiary/aromatic N) is 4. The van der Waals surface area contributed by atoms with E-state index >= 15 is 0 Å². The zero-order valence-corrected chi connectivity index (χ0v) is 18.3. The molecule has 0 spiro atoms. The molecule has 1 aromatic heterocycles. The molecule has 0 unspecified atom stereocenters. The van der Waals surface area contributed by atoms with Gasteiger partial charge in [0.15, 0.2) is 0 Å². The minimum Gasteiger partial charge on any atom is -0.489 e. The summed E-state index contributed by atoms with van der Waals surface area (Å²) >= 11 is 0. The lowest BCUT2D eigenvalue weighted by Crippen LogP contribution is -2.49. The molecule has 2 aliphatic rings. The van der Waals surface area contributed by atoms with Gasteiger partial charge in [-0.3, -0.25) is 9.59 Å². The molecule has 0 radical (unpaired) electrons. The number of fused-ring (bicyclic) bond motifs is 2. The maximum Gasteiger partial charge on any atom is 0.291 e. The van der Waals surface area contributed by atoms with Crippen LogP contribution in [0, 0.1) is 0 Å². The molecule has 8 nitrogen and oxygen atoms in total. The highest BCUT2D eigenvalue weighted by molar-refractivity contribution is 6.02. The number of carbonyl (C=O) groups excluding carboxylic acids is 2. The SMILES string of the molecule is C=C(/C=C\C=C/C)[C@H]1CCCc2nc(C(=O)N[C@H]3COc4ccccc4N(C)C3=O)nn21. The number of benzene rings is 1. The van der Waals surface area contributed by atoms with Crippen LogP contribution in [0.3, 0.4) is 0 Å². The molecule has 1 N–H and O–H groups in total. The van der Waals surface area contributed by atoms with Gasteiger partial charge in [-0.2, -0.15) is 0 Å². The molecule has 2 aromatic rings. The first kappa shape index (κ1) is 21.5. The summed E-state index contributed by atoms with van der Waals surface area (Å²) in [6.45, 7) is 6.16. The quantitative estimate of drug-likeness (QED) is 0.733. The fourth-order valence-electron chi connectivity index (χ4n) is 3.97. The maximum atomic E-state index is 12.9. The third-order valence-corrected chi connectivity index (χ3v) is 5.69. The van der Waals surface area contributed by atoms with Crippen molar-refractivity contribution in [2.75, 3.05) is 18.6 Å². The molecule has 4 rings (SSSR count). The van der Waals surface area contributed by atoms with Crippen molar-refractivity contribution in [3.05, 3.63) is 72.4 Å². The monoisotopic (exact) mass is 433 g/mol. The van der Waals surface area contributed by atoms with E-state index < -0.39 is 11.9 Å². The number of para-hydroxylation sites is 2. The van der Waals surface area contributed by atoms with Crippen molar-refractivity contribution in [3.8, 4) is 5.75 Å². The molecule has 32 heavy (non-hydrogen) atoms. The smallest absolute Gasteiger partial charge is 0.291 e. The largest absolute Gasteiger partial charge is 0.489 e. The molecular formula is C24H27N5O3. The van der Waals surface area contributed by atoms with Gasteiger partial charge in [0.1, 0.15) is 24.2 Å². The number of aromatic nitrogens is 3. The summed E-state index contributed by atoms with van der Waals surface area (Å²) in [5.74, 6) is 0.645. The lowest BCUT2D eigenvalue weighted by atomic mass is 9.98. The Morgan fingerprint density at radius 3 is 2.94 bits per heavy atom. The Morgan fingerprint density at radius 2 is 2.12 bits per heavy atom. The van der Waals surface area contributed by atoms with Crippen LogP contribution in [-0.4, -0.2) is 46.3 Å². The molecule has 2 amide bonds. The summed E-state index contributed by atoms with van der Waals surface area (Å²) in [5, 5.41) is 7.22. The Labute approximate surface area is 187 Å². The predicted octanol–water partition coefficient (Wildman–Crippen LogP) is 3.00. The van der Waals surface area contributed by atoms with Crippen LogP contribution in [0.25, 0.3) is 0 Å². The highest BCUT2D eigenvalue weighted by atomic mass is 16.5. The van der Waals surface area contributed by atoms with E-state index in [-0.39, 0.29) is 24.4 Å². The van der Waals surface area contributed by atoms with Gasteiger partial charge >= 0.3 is 0 Å². The van der Waals surface area contributed by atoms with Crippen molar-refractivity contribution in [1.82, 2.24) is 20.1 Å². The van der Waals surface area contributed by atoms with E-state index in [2.05, 4.69) is 22.0 Å². The zero-order valence-electron chi connectivity index (χ0n) is 18.3. The van der Waals surface area contributed by atoms with Crippen molar-refractivity contribution in [3.63, 3.8) is 0 Å². The number of aryl methyl sites for hydroxylation is 1. The third kappa shape index (κ3) is 4.21. The molecule has 0 bridgehead atoms. The number of nitrogens with one attached hydrogen (secondary N) is 1. The Morgan fingerprint density at radius 1 is 1.31 bits per heavy atom. The van der Waals surface area contributed by atoms with Crippen LogP contribution in [0.15, 0.2) is 60.7 Å². The van der Waals surface area contributed by atoms with Crippen molar-refractivity contribution >= 4 is 17.5 Å². The second-order valence-corrected chi connectivity index (χ2v) is 7.87. The molecule has 3 heterocycles. The second-order valence-electron chi connectivity index (χ2n) is 7.87. The molecular weight excluding hydrogens is 406 g/mol. The number of allylic oxidation sites excluding steroid dienone is 5. The fourth-order valence-corrected chi connectivity index (χ4v) is 3.97. The van der Waals surface area contributed by atoms with Gasteiger partial charge in [0.25, 0.3) is 11.8 Å². The summed E-state index contributed by atoms with van der Waals surface area (Å²) in [5.41, 5.74) is 1.57. The number of ether oxygens (including phenoxy) is 1. The lowest BCUT2D eigenvalue weighted by Gasteiger charge is -2.23. The highest BCUT2D eigenvalue weighted by Crippen LogP contribution is 2.31. The van der Waals surface area contributed by atoms with E-state index in [1.54, 1.807) is 23.9 Å². The average molecular weight is 434 g/mol. The van der Waals surface area contributed by atoms with Gasteiger partial charge < -0.3 is 15.0 Å². The van der Waals surface area contributed by atoms with Gasteiger partial charge in [0, 0.05) is 13.5 Å². The molecule has 8 heteroatoms. The molecule has 1 aromatic carbocycles. The molecule has 0 fully saturated rings. The van der Waals surface area contributed by atoms with Crippen LogP contribution >= 0.6 is 0 Å². The van der Waals surface area contributed by atoms with Crippen LogP contribution in [0.4, 0.5) is 5.69 Å². The third-order valence-electron chi connectivity index (χ3n) is 5.69. The summed E-state index contributed by atoms with van der Waals surface area (Å²) < 4.78 is 7.55. The molecule has 0 aliphatic carbocycles. The van der Waals surface area contributed by atoms with Crippen molar-refractivity contribution in [1.29, 1.82) is 0 Å². The van der Waals surface area contributed by atoms with E-state index in [0.29, 0.717) is 11.4 Å². The summed E-state index contributed by atoms with van der Waals surface area (Å²) in [6, 6.07) is 6.40. The van der Waals surface area contributed by atoms with Crippen LogP contribution in [0.5, 0.6) is 5.75 Å². The van der Waals surface area contributed by atoms with Gasteiger partial charge in [-0.25, -0.2) is 9.67 Å². The van der Waals surface area contributed by atoms with E-state index in [9.17, 15) is 9.59 Å². The molecule has 166 valence electrons. The Bertz CT molecular complexity index is 1100. The number of hydrogen-bond donors (Lipinski definition) is 1. The molecule has 2 aliphatic heterocycles. The fraction of sp³-hybridized carbons (Fsp3) is 0.333. The number of rotatable bonds is 5. The number of hydrogen-bond acceptors (Lipinski definition) is 5. The number of anilines is 1. The zero-order chi connectivity index (χ0) is 22.7.